The van der Waals surface area contributed by atoms with Crippen molar-refractivity contribution in [1.29, 1.82) is 0 Å². The second-order valence-corrected chi connectivity index (χ2v) is 14.9. The van der Waals surface area contributed by atoms with Crippen molar-refractivity contribution >= 4 is 23.5 Å². The first-order valence-corrected chi connectivity index (χ1v) is 16.9. The summed E-state index contributed by atoms with van der Waals surface area (Å²) < 4.78 is 25.9. The molecule has 2 fully saturated rings. The maximum Gasteiger partial charge on any atom is 0.410 e. The Kier molecular flexibility index (Phi) is 14.3. The van der Waals surface area contributed by atoms with Gasteiger partial charge in [0.15, 0.2) is 0 Å². The van der Waals surface area contributed by atoms with Gasteiger partial charge in [-0.25, -0.2) is 9.59 Å². The van der Waals surface area contributed by atoms with Gasteiger partial charge in [0.2, 0.25) is 0 Å². The molecule has 2 amide bonds. The third kappa shape index (κ3) is 12.0. The number of nitrogens with zero attached hydrogens (tertiary/aromatic N) is 2. The SMILES string of the molecule is C[C@@H](N)C1CCN(C(=O)OCc2ccccc2)CC1.C[C@@H](N[S+]([O-])C(C)(C)C)C1CCN(C(=O)OCc2ccccc2)CC1. The third-order valence-electron chi connectivity index (χ3n) is 8.31. The number of nitrogens with one attached hydrogen (secondary N) is 1. The van der Waals surface area contributed by atoms with Crippen LogP contribution in [0.4, 0.5) is 9.59 Å². The van der Waals surface area contributed by atoms with E-state index in [2.05, 4.69) is 11.6 Å². The number of amides is 2. The number of ether oxygens (including phenoxy) is 2. The van der Waals surface area contributed by atoms with E-state index in [1.54, 1.807) is 9.80 Å². The third-order valence-corrected chi connectivity index (χ3v) is 10.0. The van der Waals surface area contributed by atoms with Gasteiger partial charge in [-0.2, -0.15) is 0 Å². The minimum absolute atomic E-state index is 0.169. The van der Waals surface area contributed by atoms with Crippen molar-refractivity contribution < 1.29 is 23.6 Å². The Hall–Kier alpha value is -2.79. The fourth-order valence-corrected chi connectivity index (χ4v) is 6.14. The van der Waals surface area contributed by atoms with Crippen molar-refractivity contribution in [2.75, 3.05) is 26.2 Å². The standard InChI is InChI=1S/C19H30N2O3S.C15H22N2O2/c1-15(20-25(23)19(2,3)4)17-10-12-21(13-11-17)18(22)24-14-16-8-6-5-7-9-16;1-12(16)14-7-9-17(10-8-14)15(18)19-11-13-5-3-2-4-6-13/h5-9,15,17,20H,10-14H2,1-4H3;2-6,12,14H,7-11,16H2,1H3/t15-,25?;12-/m11/s1. The zero-order chi connectivity index (χ0) is 32.1. The van der Waals surface area contributed by atoms with E-state index in [0.29, 0.717) is 38.1 Å². The highest BCUT2D eigenvalue weighted by atomic mass is 32.2. The fourth-order valence-electron chi connectivity index (χ4n) is 5.25. The summed E-state index contributed by atoms with van der Waals surface area (Å²) in [5, 5.41) is 0. The molecule has 44 heavy (non-hydrogen) atoms. The molecule has 0 saturated carbocycles. The van der Waals surface area contributed by atoms with E-state index in [1.165, 1.54) is 0 Å². The highest BCUT2D eigenvalue weighted by Crippen LogP contribution is 2.24. The summed E-state index contributed by atoms with van der Waals surface area (Å²) >= 11 is -1.07. The van der Waals surface area contributed by atoms with Crippen molar-refractivity contribution in [1.82, 2.24) is 14.5 Å². The van der Waals surface area contributed by atoms with Crippen LogP contribution in [0.15, 0.2) is 60.7 Å². The van der Waals surface area contributed by atoms with Gasteiger partial charge in [-0.15, -0.1) is 4.72 Å². The Morgan fingerprint density at radius 2 is 1.20 bits per heavy atom. The molecule has 2 aromatic rings. The molecule has 2 saturated heterocycles. The summed E-state index contributed by atoms with van der Waals surface area (Å²) in [5.74, 6) is 0.947. The number of nitrogens with two attached hydrogens (primary N) is 1. The topological polar surface area (TPSA) is 120 Å². The van der Waals surface area contributed by atoms with E-state index in [0.717, 1.165) is 49.9 Å². The summed E-state index contributed by atoms with van der Waals surface area (Å²) in [7, 11) is 0. The normalized spacial score (nSPS) is 18.4. The minimum Gasteiger partial charge on any atom is -0.598 e. The van der Waals surface area contributed by atoms with Crippen molar-refractivity contribution in [3.63, 3.8) is 0 Å². The number of benzene rings is 2. The lowest BCUT2D eigenvalue weighted by Crippen LogP contribution is -2.49. The Morgan fingerprint density at radius 3 is 1.57 bits per heavy atom. The molecule has 2 aromatic carbocycles. The number of hydrogen-bond donors (Lipinski definition) is 2. The van der Waals surface area contributed by atoms with Gasteiger partial charge in [0.25, 0.3) is 0 Å². The Bertz CT molecular complexity index is 1120. The molecule has 4 rings (SSSR count). The molecule has 3 atom stereocenters. The average molecular weight is 629 g/mol. The number of carbonyl (C=O) groups excluding carboxylic acids is 2. The molecule has 1 unspecified atom stereocenters. The van der Waals surface area contributed by atoms with Crippen LogP contribution in [0.1, 0.15) is 71.4 Å². The van der Waals surface area contributed by atoms with Crippen LogP contribution in [0.2, 0.25) is 0 Å². The van der Waals surface area contributed by atoms with E-state index >= 15 is 0 Å². The van der Waals surface area contributed by atoms with E-state index in [1.807, 2.05) is 88.4 Å². The van der Waals surface area contributed by atoms with Crippen LogP contribution >= 0.6 is 0 Å². The van der Waals surface area contributed by atoms with Gasteiger partial charge in [0.1, 0.15) is 18.0 Å². The first kappa shape index (κ1) is 35.7. The molecular weight excluding hydrogens is 576 g/mol. The molecule has 0 aliphatic carbocycles. The van der Waals surface area contributed by atoms with Crippen LogP contribution < -0.4 is 10.5 Å². The molecule has 0 aromatic heterocycles. The minimum atomic E-state index is -1.07. The van der Waals surface area contributed by atoms with Gasteiger partial charge in [0.05, 0.1) is 6.04 Å². The lowest BCUT2D eigenvalue weighted by Gasteiger charge is -2.35. The largest absolute Gasteiger partial charge is 0.598 e. The van der Waals surface area contributed by atoms with Crippen molar-refractivity contribution in [2.24, 2.45) is 17.6 Å². The predicted octanol–water partition coefficient (Wildman–Crippen LogP) is 5.86. The zero-order valence-electron chi connectivity index (χ0n) is 27.1. The molecule has 0 bridgehead atoms. The van der Waals surface area contributed by atoms with E-state index in [9.17, 15) is 14.1 Å². The summed E-state index contributed by atoms with van der Waals surface area (Å²) in [6.07, 6.45) is 3.27. The first-order valence-electron chi connectivity index (χ1n) is 15.8. The van der Waals surface area contributed by atoms with Crippen molar-refractivity contribution in [3.05, 3.63) is 71.8 Å². The van der Waals surface area contributed by atoms with Gasteiger partial charge in [-0.3, -0.25) is 0 Å². The Labute approximate surface area is 267 Å². The second-order valence-electron chi connectivity index (χ2n) is 12.9. The molecule has 2 aliphatic heterocycles. The van der Waals surface area contributed by atoms with Crippen LogP contribution in [-0.4, -0.2) is 69.5 Å². The Morgan fingerprint density at radius 1 is 0.818 bits per heavy atom. The molecule has 3 N–H and O–H groups in total. The molecule has 244 valence electrons. The monoisotopic (exact) mass is 628 g/mol. The zero-order valence-corrected chi connectivity index (χ0v) is 27.9. The number of carbonyl (C=O) groups is 2. The molecule has 0 spiro atoms. The number of hydrogen-bond acceptors (Lipinski definition) is 7. The molecule has 10 heteroatoms. The van der Waals surface area contributed by atoms with E-state index < -0.39 is 11.4 Å². The van der Waals surface area contributed by atoms with Crippen LogP contribution in [0.3, 0.4) is 0 Å². The number of likely N-dealkylation sites (tertiary alicyclic amines) is 2. The number of piperidine rings is 2. The summed E-state index contributed by atoms with van der Waals surface area (Å²) in [4.78, 5) is 27.7. The molecular formula is C34H52N4O5S. The van der Waals surface area contributed by atoms with Gasteiger partial charge in [-0.05, 0) is 83.3 Å². The van der Waals surface area contributed by atoms with Gasteiger partial charge >= 0.3 is 12.2 Å². The fraction of sp³-hybridized carbons (Fsp3) is 0.588. The van der Waals surface area contributed by atoms with Crippen molar-refractivity contribution in [3.8, 4) is 0 Å². The number of rotatable bonds is 8. The lowest BCUT2D eigenvalue weighted by molar-refractivity contribution is 0.0794. The molecule has 0 radical (unpaired) electrons. The van der Waals surface area contributed by atoms with Crippen LogP contribution in [-0.2, 0) is 34.0 Å². The smallest absolute Gasteiger partial charge is 0.410 e. The van der Waals surface area contributed by atoms with Gasteiger partial charge in [0, 0.05) is 43.6 Å². The van der Waals surface area contributed by atoms with E-state index in [-0.39, 0.29) is 29.0 Å². The summed E-state index contributed by atoms with van der Waals surface area (Å²) in [5.41, 5.74) is 7.90. The van der Waals surface area contributed by atoms with Crippen molar-refractivity contribution in [2.45, 2.75) is 90.3 Å². The highest BCUT2D eigenvalue weighted by molar-refractivity contribution is 7.90. The van der Waals surface area contributed by atoms with Crippen LogP contribution in [0.5, 0.6) is 0 Å². The maximum atomic E-state index is 12.2. The highest BCUT2D eigenvalue weighted by Gasteiger charge is 2.33. The molecule has 2 heterocycles. The summed E-state index contributed by atoms with van der Waals surface area (Å²) in [6, 6.07) is 19.8. The average Bonchev–Trinajstić information content (AvgIpc) is 3.03. The predicted molar refractivity (Wildman–Crippen MR) is 176 cm³/mol. The summed E-state index contributed by atoms with van der Waals surface area (Å²) in [6.45, 7) is 13.5. The quantitative estimate of drug-likeness (QED) is 0.352. The Balaban J connectivity index is 0.000000249. The maximum absolute atomic E-state index is 12.2. The van der Waals surface area contributed by atoms with Crippen LogP contribution in [0.25, 0.3) is 0 Å². The molecule has 2 aliphatic rings. The first-order chi connectivity index (χ1) is 20.9. The van der Waals surface area contributed by atoms with Gasteiger partial charge < -0.3 is 29.6 Å². The lowest BCUT2D eigenvalue weighted by atomic mass is 9.91. The van der Waals surface area contributed by atoms with Gasteiger partial charge in [-0.1, -0.05) is 60.7 Å². The molecule has 9 nitrogen and oxygen atoms in total. The second kappa shape index (κ2) is 17.6. The van der Waals surface area contributed by atoms with E-state index in [4.69, 9.17) is 15.2 Å². The van der Waals surface area contributed by atoms with Crippen LogP contribution in [0, 0.1) is 11.8 Å².